The van der Waals surface area contributed by atoms with Crippen molar-refractivity contribution >= 4 is 0 Å². The van der Waals surface area contributed by atoms with Crippen LogP contribution in [-0.2, 0) is 4.74 Å². The number of ether oxygens (including phenoxy) is 1. The Bertz CT molecular complexity index is 317. The van der Waals surface area contributed by atoms with Crippen LogP contribution in [0.4, 0.5) is 0 Å². The van der Waals surface area contributed by atoms with E-state index in [0.29, 0.717) is 12.6 Å². The summed E-state index contributed by atoms with van der Waals surface area (Å²) < 4.78 is 6.13. The van der Waals surface area contributed by atoms with Gasteiger partial charge in [0.05, 0.1) is 12.2 Å². The monoisotopic (exact) mass is 281 g/mol. The summed E-state index contributed by atoms with van der Waals surface area (Å²) in [7, 11) is 0. The molecule has 3 heteroatoms. The Balaban J connectivity index is 1.61. The fourth-order valence-electron chi connectivity index (χ4n) is 4.61. The van der Waals surface area contributed by atoms with Crippen LogP contribution in [0.2, 0.25) is 0 Å². The summed E-state index contributed by atoms with van der Waals surface area (Å²) in [5.41, 5.74) is 0.169. The zero-order valence-corrected chi connectivity index (χ0v) is 13.0. The van der Waals surface area contributed by atoms with Crippen LogP contribution in [0.5, 0.6) is 0 Å². The van der Waals surface area contributed by atoms with Gasteiger partial charge in [-0.05, 0) is 57.3 Å². The average molecular weight is 281 g/mol. The van der Waals surface area contributed by atoms with E-state index in [4.69, 9.17) is 4.74 Å². The lowest BCUT2D eigenvalue weighted by Gasteiger charge is -2.45. The second kappa shape index (κ2) is 5.94. The first kappa shape index (κ1) is 14.8. The normalized spacial score (nSPS) is 41.1. The van der Waals surface area contributed by atoms with Crippen molar-refractivity contribution in [2.24, 2.45) is 5.92 Å². The molecule has 3 aliphatic rings. The minimum absolute atomic E-state index is 0.00564. The van der Waals surface area contributed by atoms with Crippen LogP contribution in [0.15, 0.2) is 0 Å². The minimum Gasteiger partial charge on any atom is -0.394 e. The Morgan fingerprint density at radius 1 is 1.10 bits per heavy atom. The van der Waals surface area contributed by atoms with Gasteiger partial charge in [0.2, 0.25) is 0 Å². The molecule has 0 aromatic rings. The molecule has 1 spiro atoms. The number of nitrogens with one attached hydrogen (secondary N) is 1. The molecule has 3 fully saturated rings. The van der Waals surface area contributed by atoms with Gasteiger partial charge in [0.15, 0.2) is 0 Å². The molecule has 1 unspecified atom stereocenters. The van der Waals surface area contributed by atoms with Gasteiger partial charge in [0, 0.05) is 18.2 Å². The topological polar surface area (TPSA) is 41.5 Å². The summed E-state index contributed by atoms with van der Waals surface area (Å²) in [6.07, 6.45) is 12.2. The summed E-state index contributed by atoms with van der Waals surface area (Å²) in [5.74, 6) is 0.826. The molecule has 3 rings (SSSR count). The minimum atomic E-state index is -0.00564. The van der Waals surface area contributed by atoms with Crippen LogP contribution in [0.3, 0.4) is 0 Å². The zero-order chi connectivity index (χ0) is 14.1. The third kappa shape index (κ3) is 3.05. The Hall–Kier alpha value is -0.120. The van der Waals surface area contributed by atoms with Crippen molar-refractivity contribution < 1.29 is 9.84 Å². The van der Waals surface area contributed by atoms with Crippen molar-refractivity contribution in [1.29, 1.82) is 0 Å². The molecule has 0 radical (unpaired) electrons. The molecule has 1 atom stereocenters. The van der Waals surface area contributed by atoms with Crippen molar-refractivity contribution in [3.8, 4) is 0 Å². The van der Waals surface area contributed by atoms with E-state index in [2.05, 4.69) is 12.2 Å². The average Bonchev–Trinajstić information content (AvgIpc) is 2.90. The molecule has 2 N–H and O–H groups in total. The van der Waals surface area contributed by atoms with Gasteiger partial charge >= 0.3 is 0 Å². The van der Waals surface area contributed by atoms with Crippen LogP contribution < -0.4 is 5.32 Å². The third-order valence-electron chi connectivity index (χ3n) is 6.05. The summed E-state index contributed by atoms with van der Waals surface area (Å²) >= 11 is 0. The maximum Gasteiger partial charge on any atom is 0.0697 e. The van der Waals surface area contributed by atoms with Gasteiger partial charge in [-0.15, -0.1) is 0 Å². The smallest absolute Gasteiger partial charge is 0.0697 e. The molecule has 0 amide bonds. The Morgan fingerprint density at radius 3 is 2.45 bits per heavy atom. The number of aliphatic hydroxyl groups is 1. The van der Waals surface area contributed by atoms with Crippen molar-refractivity contribution in [2.75, 3.05) is 13.2 Å². The van der Waals surface area contributed by atoms with Gasteiger partial charge in [-0.2, -0.15) is 0 Å². The predicted molar refractivity (Wildman–Crippen MR) is 80.8 cm³/mol. The second-order valence-electron chi connectivity index (χ2n) is 7.69. The summed E-state index contributed by atoms with van der Waals surface area (Å²) in [4.78, 5) is 0. The molecule has 2 aliphatic carbocycles. The molecule has 1 saturated heterocycles. The van der Waals surface area contributed by atoms with Crippen molar-refractivity contribution in [1.82, 2.24) is 5.32 Å². The SMILES string of the molecule is CC1CCC(CO)(NC2CCOC3(CCCC3)C2)CC1. The van der Waals surface area contributed by atoms with Crippen LogP contribution in [0.25, 0.3) is 0 Å². The molecule has 2 saturated carbocycles. The van der Waals surface area contributed by atoms with Gasteiger partial charge in [-0.25, -0.2) is 0 Å². The van der Waals surface area contributed by atoms with E-state index in [1.165, 1.54) is 38.5 Å². The first-order valence-electron chi connectivity index (χ1n) is 8.68. The van der Waals surface area contributed by atoms with Gasteiger partial charge in [0.25, 0.3) is 0 Å². The summed E-state index contributed by atoms with van der Waals surface area (Å²) in [6, 6.07) is 0.544. The largest absolute Gasteiger partial charge is 0.394 e. The van der Waals surface area contributed by atoms with E-state index in [1.54, 1.807) is 0 Å². The Morgan fingerprint density at radius 2 is 1.80 bits per heavy atom. The van der Waals surface area contributed by atoms with E-state index in [9.17, 15) is 5.11 Å². The highest BCUT2D eigenvalue weighted by Crippen LogP contribution is 2.41. The fourth-order valence-corrected chi connectivity index (χ4v) is 4.61. The van der Waals surface area contributed by atoms with E-state index >= 15 is 0 Å². The van der Waals surface area contributed by atoms with Crippen LogP contribution >= 0.6 is 0 Å². The maximum atomic E-state index is 9.92. The van der Waals surface area contributed by atoms with Crippen molar-refractivity contribution in [3.63, 3.8) is 0 Å². The molecular weight excluding hydrogens is 250 g/mol. The van der Waals surface area contributed by atoms with Gasteiger partial charge in [-0.1, -0.05) is 19.8 Å². The van der Waals surface area contributed by atoms with E-state index < -0.39 is 0 Å². The van der Waals surface area contributed by atoms with Crippen LogP contribution in [-0.4, -0.2) is 35.5 Å². The summed E-state index contributed by atoms with van der Waals surface area (Å²) in [5, 5.41) is 13.8. The molecule has 0 aromatic carbocycles. The Labute approximate surface area is 123 Å². The lowest BCUT2D eigenvalue weighted by atomic mass is 9.76. The van der Waals surface area contributed by atoms with E-state index in [1.807, 2.05) is 0 Å². The number of rotatable bonds is 3. The molecule has 0 bridgehead atoms. The summed E-state index contributed by atoms with van der Waals surface area (Å²) in [6.45, 7) is 3.53. The third-order valence-corrected chi connectivity index (χ3v) is 6.05. The van der Waals surface area contributed by atoms with Crippen molar-refractivity contribution in [3.05, 3.63) is 0 Å². The molecule has 1 heterocycles. The van der Waals surface area contributed by atoms with Crippen LogP contribution in [0, 0.1) is 5.92 Å². The van der Waals surface area contributed by atoms with E-state index in [-0.39, 0.29) is 11.1 Å². The van der Waals surface area contributed by atoms with Crippen LogP contribution in [0.1, 0.15) is 71.1 Å². The highest BCUT2D eigenvalue weighted by Gasteiger charge is 2.43. The lowest BCUT2D eigenvalue weighted by molar-refractivity contribution is -0.0896. The molecule has 116 valence electrons. The fraction of sp³-hybridized carbons (Fsp3) is 1.00. The highest BCUT2D eigenvalue weighted by atomic mass is 16.5. The first-order chi connectivity index (χ1) is 9.65. The quantitative estimate of drug-likeness (QED) is 0.835. The number of hydrogen-bond donors (Lipinski definition) is 2. The van der Waals surface area contributed by atoms with Crippen molar-refractivity contribution in [2.45, 2.75) is 88.3 Å². The molecule has 0 aromatic heterocycles. The number of aliphatic hydroxyl groups excluding tert-OH is 1. The number of hydrogen-bond acceptors (Lipinski definition) is 3. The lowest BCUT2D eigenvalue weighted by Crippen LogP contribution is -2.58. The molecule has 1 aliphatic heterocycles. The van der Waals surface area contributed by atoms with Gasteiger partial charge < -0.3 is 15.2 Å². The standard InChI is InChI=1S/C17H31NO2/c1-14-4-9-16(13-19,10-5-14)18-15-6-11-20-17(12-15)7-2-3-8-17/h14-15,18-19H,2-13H2,1H3. The van der Waals surface area contributed by atoms with Gasteiger partial charge in [-0.3, -0.25) is 0 Å². The Kier molecular flexibility index (Phi) is 4.40. The predicted octanol–water partition coefficient (Wildman–Crippen LogP) is 3.01. The van der Waals surface area contributed by atoms with Gasteiger partial charge in [0.1, 0.15) is 0 Å². The molecule has 20 heavy (non-hydrogen) atoms. The maximum absolute atomic E-state index is 9.92. The highest BCUT2D eigenvalue weighted by molar-refractivity contribution is 4.99. The van der Waals surface area contributed by atoms with E-state index in [0.717, 1.165) is 38.2 Å². The zero-order valence-electron chi connectivity index (χ0n) is 13.0. The first-order valence-corrected chi connectivity index (χ1v) is 8.68. The molecular formula is C17H31NO2. The second-order valence-corrected chi connectivity index (χ2v) is 7.69. The molecule has 3 nitrogen and oxygen atoms in total.